The summed E-state index contributed by atoms with van der Waals surface area (Å²) in [5.74, 6) is -0.326. The first-order chi connectivity index (χ1) is 11.7. The van der Waals surface area contributed by atoms with Crippen LogP contribution in [-0.4, -0.2) is 47.2 Å². The first-order valence-electron chi connectivity index (χ1n) is 8.58. The van der Waals surface area contributed by atoms with Crippen LogP contribution in [0.15, 0.2) is 30.5 Å². The van der Waals surface area contributed by atoms with Gasteiger partial charge in [0, 0.05) is 18.7 Å². The molecular weight excluding hydrogens is 311 g/mol. The molecule has 1 aromatic heterocycles. The van der Waals surface area contributed by atoms with Crippen LogP contribution in [0.5, 0.6) is 5.88 Å². The van der Waals surface area contributed by atoms with Crippen molar-refractivity contribution in [2.75, 3.05) is 13.2 Å². The molecule has 1 aliphatic carbocycles. The summed E-state index contributed by atoms with van der Waals surface area (Å²) in [4.78, 5) is 18.7. The molecule has 5 nitrogen and oxygen atoms in total. The summed E-state index contributed by atoms with van der Waals surface area (Å²) < 4.78 is 25.5. The van der Waals surface area contributed by atoms with Crippen LogP contribution < -0.4 is 4.74 Å². The topological polar surface area (TPSA) is 51.7 Å². The Bertz CT molecular complexity index is 643. The zero-order chi connectivity index (χ0) is 16.5. The van der Waals surface area contributed by atoms with E-state index in [2.05, 4.69) is 17.1 Å². The Morgan fingerprint density at radius 3 is 3.00 bits per heavy atom. The Morgan fingerprint density at radius 2 is 2.21 bits per heavy atom. The zero-order valence-electron chi connectivity index (χ0n) is 13.4. The monoisotopic (exact) mass is 332 g/mol. The first-order valence-corrected chi connectivity index (χ1v) is 8.58. The van der Waals surface area contributed by atoms with Gasteiger partial charge in [0.15, 0.2) is 5.82 Å². The highest BCUT2D eigenvalue weighted by atomic mass is 19.1. The van der Waals surface area contributed by atoms with Crippen LogP contribution in [0, 0.1) is 11.7 Å². The highest BCUT2D eigenvalue weighted by molar-refractivity contribution is 5.80. The van der Waals surface area contributed by atoms with Gasteiger partial charge in [0.1, 0.15) is 12.2 Å². The number of likely N-dealkylation sites (tertiary alicyclic amines) is 1. The van der Waals surface area contributed by atoms with Gasteiger partial charge in [-0.3, -0.25) is 4.79 Å². The van der Waals surface area contributed by atoms with E-state index in [9.17, 15) is 9.18 Å². The number of fused-ring (bicyclic) bond motifs is 1. The number of hydrogen-bond donors (Lipinski definition) is 0. The van der Waals surface area contributed by atoms with E-state index in [1.54, 1.807) is 0 Å². The van der Waals surface area contributed by atoms with Gasteiger partial charge in [-0.1, -0.05) is 12.2 Å². The van der Waals surface area contributed by atoms with Crippen molar-refractivity contribution in [1.29, 1.82) is 0 Å². The van der Waals surface area contributed by atoms with Crippen LogP contribution in [0.4, 0.5) is 4.39 Å². The van der Waals surface area contributed by atoms with Crippen molar-refractivity contribution in [2.24, 2.45) is 5.92 Å². The van der Waals surface area contributed by atoms with Crippen LogP contribution in [0.25, 0.3) is 0 Å². The Morgan fingerprint density at radius 1 is 1.38 bits per heavy atom. The van der Waals surface area contributed by atoms with E-state index in [1.165, 1.54) is 18.3 Å². The fourth-order valence-electron chi connectivity index (χ4n) is 3.92. The van der Waals surface area contributed by atoms with Crippen molar-refractivity contribution < 1.29 is 18.7 Å². The smallest absolute Gasteiger partial charge is 0.250 e. The van der Waals surface area contributed by atoms with Gasteiger partial charge in [-0.2, -0.15) is 0 Å². The lowest BCUT2D eigenvalue weighted by atomic mass is 10.0. The average molecular weight is 332 g/mol. The van der Waals surface area contributed by atoms with Gasteiger partial charge in [0.25, 0.3) is 5.88 Å². The molecule has 0 N–H and O–H groups in total. The second-order valence-corrected chi connectivity index (χ2v) is 6.62. The minimum atomic E-state index is -0.491. The second kappa shape index (κ2) is 6.51. The van der Waals surface area contributed by atoms with E-state index in [0.29, 0.717) is 13.2 Å². The fraction of sp³-hybridized carbons (Fsp3) is 0.556. The van der Waals surface area contributed by atoms with E-state index >= 15 is 0 Å². The highest BCUT2D eigenvalue weighted by Gasteiger charge is 2.48. The second-order valence-electron chi connectivity index (χ2n) is 6.62. The van der Waals surface area contributed by atoms with E-state index in [0.717, 1.165) is 25.7 Å². The molecule has 6 heteroatoms. The molecule has 3 heterocycles. The lowest BCUT2D eigenvalue weighted by Gasteiger charge is -2.33. The number of carbonyl (C=O) groups is 1. The standard InChI is InChI=1S/C18H21FN2O3/c19-13-7-3-9-20-17(13)24-15-11-21(14-8-4-10-23-16(14)15)18(22)12-5-1-2-6-12/h1-3,7,9,12,14-16H,4-6,8,10-11H2/t14-,15+,16+/m0/s1. The molecule has 3 atom stereocenters. The third kappa shape index (κ3) is 2.79. The molecule has 4 rings (SSSR count). The Hall–Kier alpha value is -1.95. The molecule has 0 bridgehead atoms. The number of pyridine rings is 1. The summed E-state index contributed by atoms with van der Waals surface area (Å²) >= 11 is 0. The van der Waals surface area contributed by atoms with Crippen LogP contribution in [0.3, 0.4) is 0 Å². The normalized spacial score (nSPS) is 29.7. The lowest BCUT2D eigenvalue weighted by molar-refractivity contribution is -0.138. The number of nitrogens with zero attached hydrogens (tertiary/aromatic N) is 2. The third-order valence-corrected chi connectivity index (χ3v) is 5.11. The molecule has 0 radical (unpaired) electrons. The predicted octanol–water partition coefficient (Wildman–Crippen LogP) is 2.32. The Balaban J connectivity index is 1.53. The number of rotatable bonds is 3. The van der Waals surface area contributed by atoms with Crippen molar-refractivity contribution in [3.8, 4) is 5.88 Å². The summed E-state index contributed by atoms with van der Waals surface area (Å²) in [7, 11) is 0. The lowest BCUT2D eigenvalue weighted by Crippen LogP contribution is -2.45. The molecule has 128 valence electrons. The van der Waals surface area contributed by atoms with Crippen molar-refractivity contribution >= 4 is 5.91 Å². The number of hydrogen-bond acceptors (Lipinski definition) is 4. The molecule has 1 aromatic rings. The summed E-state index contributed by atoms with van der Waals surface area (Å²) in [5.41, 5.74) is 0. The SMILES string of the molecule is O=C(C1CC=CC1)N1C[C@@H](Oc2ncccc2F)[C@@H]2OCCC[C@@H]21. The van der Waals surface area contributed by atoms with E-state index in [4.69, 9.17) is 9.47 Å². The Kier molecular flexibility index (Phi) is 4.22. The van der Waals surface area contributed by atoms with Gasteiger partial charge in [-0.05, 0) is 37.8 Å². The van der Waals surface area contributed by atoms with Gasteiger partial charge in [0.05, 0.1) is 12.6 Å². The molecular formula is C18H21FN2O3. The number of allylic oxidation sites excluding steroid dienone is 2. The first kappa shape index (κ1) is 15.6. The molecule has 3 aliphatic rings. The number of ether oxygens (including phenoxy) is 2. The van der Waals surface area contributed by atoms with Crippen molar-refractivity contribution in [2.45, 2.75) is 43.9 Å². The van der Waals surface area contributed by atoms with E-state index in [-0.39, 0.29) is 36.0 Å². The van der Waals surface area contributed by atoms with Crippen LogP contribution in [0.2, 0.25) is 0 Å². The van der Waals surface area contributed by atoms with Crippen LogP contribution >= 0.6 is 0 Å². The number of amides is 1. The summed E-state index contributed by atoms with van der Waals surface area (Å²) in [5, 5.41) is 0. The minimum absolute atomic E-state index is 0.0172. The molecule has 0 spiro atoms. The molecule has 2 saturated heterocycles. The maximum Gasteiger partial charge on any atom is 0.250 e. The van der Waals surface area contributed by atoms with Crippen molar-refractivity contribution in [3.63, 3.8) is 0 Å². The van der Waals surface area contributed by atoms with Gasteiger partial charge < -0.3 is 14.4 Å². The molecule has 1 amide bonds. The van der Waals surface area contributed by atoms with Gasteiger partial charge in [-0.15, -0.1) is 0 Å². The van der Waals surface area contributed by atoms with Crippen molar-refractivity contribution in [3.05, 3.63) is 36.3 Å². The summed E-state index contributed by atoms with van der Waals surface area (Å²) in [6.45, 7) is 1.08. The van der Waals surface area contributed by atoms with Gasteiger partial charge in [-0.25, -0.2) is 9.37 Å². The Labute approximate surface area is 140 Å². The molecule has 0 saturated carbocycles. The van der Waals surface area contributed by atoms with Crippen molar-refractivity contribution in [1.82, 2.24) is 9.88 Å². The molecule has 2 aliphatic heterocycles. The highest BCUT2D eigenvalue weighted by Crippen LogP contribution is 2.34. The number of halogens is 1. The molecule has 0 aromatic carbocycles. The zero-order valence-corrected chi connectivity index (χ0v) is 13.4. The quantitative estimate of drug-likeness (QED) is 0.797. The summed E-state index contributed by atoms with van der Waals surface area (Å²) in [6, 6.07) is 2.87. The minimum Gasteiger partial charge on any atom is -0.468 e. The predicted molar refractivity (Wildman–Crippen MR) is 85.0 cm³/mol. The van der Waals surface area contributed by atoms with Crippen LogP contribution in [-0.2, 0) is 9.53 Å². The third-order valence-electron chi connectivity index (χ3n) is 5.11. The van der Waals surface area contributed by atoms with Crippen LogP contribution in [0.1, 0.15) is 25.7 Å². The molecule has 0 unspecified atom stereocenters. The number of carbonyl (C=O) groups excluding carboxylic acids is 1. The maximum atomic E-state index is 13.9. The fourth-order valence-corrected chi connectivity index (χ4v) is 3.92. The number of aromatic nitrogens is 1. The summed E-state index contributed by atoms with van der Waals surface area (Å²) in [6.07, 6.45) is 8.47. The van der Waals surface area contributed by atoms with E-state index in [1.807, 2.05) is 4.90 Å². The molecule has 2 fully saturated rings. The van der Waals surface area contributed by atoms with Gasteiger partial charge in [0.2, 0.25) is 5.91 Å². The van der Waals surface area contributed by atoms with Gasteiger partial charge >= 0.3 is 0 Å². The molecule has 24 heavy (non-hydrogen) atoms. The van der Waals surface area contributed by atoms with E-state index < -0.39 is 5.82 Å². The maximum absolute atomic E-state index is 13.9. The average Bonchev–Trinajstić information content (AvgIpc) is 3.25. The largest absolute Gasteiger partial charge is 0.468 e.